The van der Waals surface area contributed by atoms with E-state index in [2.05, 4.69) is 35.9 Å². The first-order valence-electron chi connectivity index (χ1n) is 6.58. The van der Waals surface area contributed by atoms with E-state index in [1.807, 2.05) is 0 Å². The van der Waals surface area contributed by atoms with E-state index in [1.54, 1.807) is 0 Å². The first kappa shape index (κ1) is 15.8. The lowest BCUT2D eigenvalue weighted by Gasteiger charge is -2.22. The molecule has 0 fully saturated rings. The minimum atomic E-state index is -4.62. The molecule has 0 bridgehead atoms. The first-order valence-corrected chi connectivity index (χ1v) is 6.58. The van der Waals surface area contributed by atoms with Crippen LogP contribution in [-0.2, 0) is 0 Å². The first-order chi connectivity index (χ1) is 11.4. The van der Waals surface area contributed by atoms with Crippen LogP contribution in [0.15, 0.2) is 36.7 Å². The van der Waals surface area contributed by atoms with E-state index >= 15 is 0 Å². The third kappa shape index (κ3) is 3.45. The van der Waals surface area contributed by atoms with Gasteiger partial charge in [-0.25, -0.2) is 19.5 Å². The lowest BCUT2D eigenvalue weighted by molar-refractivity contribution is -0.144. The highest BCUT2D eigenvalue weighted by atomic mass is 19.4. The van der Waals surface area contributed by atoms with E-state index < -0.39 is 18.0 Å². The van der Waals surface area contributed by atoms with Gasteiger partial charge in [0.1, 0.15) is 5.82 Å². The number of H-pyrrole nitrogens is 1. The molecule has 0 amide bonds. The summed E-state index contributed by atoms with van der Waals surface area (Å²) in [5.74, 6) is -0.578. The second-order valence-corrected chi connectivity index (χ2v) is 4.72. The summed E-state index contributed by atoms with van der Waals surface area (Å²) in [6.45, 7) is 0. The molecule has 3 rings (SSSR count). The molecule has 3 aromatic rings. The number of nitrogens with zero attached hydrogens (tertiary/aromatic N) is 5. The van der Waals surface area contributed by atoms with Gasteiger partial charge >= 0.3 is 6.18 Å². The van der Waals surface area contributed by atoms with Crippen LogP contribution < -0.4 is 5.32 Å². The second kappa shape index (κ2) is 6.18. The van der Waals surface area contributed by atoms with E-state index in [9.17, 15) is 17.6 Å². The van der Waals surface area contributed by atoms with Crippen molar-refractivity contribution in [2.45, 2.75) is 12.2 Å². The number of anilines is 1. The van der Waals surface area contributed by atoms with Gasteiger partial charge < -0.3 is 5.32 Å². The van der Waals surface area contributed by atoms with Crippen molar-refractivity contribution in [1.29, 1.82) is 0 Å². The molecule has 0 aliphatic rings. The highest BCUT2D eigenvalue weighted by molar-refractivity contribution is 5.51. The number of rotatable bonds is 4. The molecular formula is C13H9F4N7. The minimum absolute atomic E-state index is 0.156. The molecule has 0 aliphatic carbocycles. The Morgan fingerprint density at radius 3 is 2.25 bits per heavy atom. The van der Waals surface area contributed by atoms with Crippen LogP contribution in [0.1, 0.15) is 11.6 Å². The highest BCUT2D eigenvalue weighted by Crippen LogP contribution is 2.35. The Kier molecular flexibility index (Phi) is 4.06. The van der Waals surface area contributed by atoms with Crippen molar-refractivity contribution in [3.05, 3.63) is 48.0 Å². The summed E-state index contributed by atoms with van der Waals surface area (Å²) < 4.78 is 52.7. The molecule has 2 aromatic heterocycles. The number of aromatic nitrogens is 6. The number of nitrogens with one attached hydrogen (secondary N) is 2. The predicted molar refractivity (Wildman–Crippen MR) is 74.0 cm³/mol. The van der Waals surface area contributed by atoms with Crippen molar-refractivity contribution in [3.8, 4) is 11.4 Å². The monoisotopic (exact) mass is 339 g/mol. The zero-order valence-electron chi connectivity index (χ0n) is 11.8. The van der Waals surface area contributed by atoms with Crippen LogP contribution in [0, 0.1) is 5.82 Å². The summed E-state index contributed by atoms with van der Waals surface area (Å²) >= 11 is 0. The fraction of sp³-hybridized carbons (Fsp3) is 0.154. The zero-order chi connectivity index (χ0) is 17.2. The molecule has 24 heavy (non-hydrogen) atoms. The fourth-order valence-corrected chi connectivity index (χ4v) is 1.94. The summed E-state index contributed by atoms with van der Waals surface area (Å²) in [4.78, 5) is 7.64. The number of hydrogen-bond acceptors (Lipinski definition) is 6. The Morgan fingerprint density at radius 2 is 1.71 bits per heavy atom. The maximum atomic E-state index is 13.3. The Bertz CT molecular complexity index is 785. The van der Waals surface area contributed by atoms with Crippen LogP contribution in [0.3, 0.4) is 0 Å². The predicted octanol–water partition coefficient (Wildman–Crippen LogP) is 2.51. The van der Waals surface area contributed by atoms with Crippen LogP contribution in [0.2, 0.25) is 0 Å². The second-order valence-electron chi connectivity index (χ2n) is 4.72. The van der Waals surface area contributed by atoms with Crippen molar-refractivity contribution < 1.29 is 17.6 Å². The number of alkyl halides is 3. The summed E-state index contributed by atoms with van der Waals surface area (Å²) in [6, 6.07) is 1.94. The van der Waals surface area contributed by atoms with Crippen molar-refractivity contribution in [1.82, 2.24) is 30.6 Å². The summed E-state index contributed by atoms with van der Waals surface area (Å²) in [7, 11) is 0. The maximum Gasteiger partial charge on any atom is 0.412 e. The van der Waals surface area contributed by atoms with E-state index in [4.69, 9.17) is 0 Å². The van der Waals surface area contributed by atoms with Gasteiger partial charge in [-0.3, -0.25) is 0 Å². The molecule has 7 nitrogen and oxygen atoms in total. The maximum absolute atomic E-state index is 13.3. The topological polar surface area (TPSA) is 92.3 Å². The largest absolute Gasteiger partial charge is 0.412 e. The van der Waals surface area contributed by atoms with E-state index in [1.165, 1.54) is 12.4 Å². The number of benzene rings is 1. The van der Waals surface area contributed by atoms with Gasteiger partial charge in [0, 0.05) is 12.4 Å². The molecule has 1 unspecified atom stereocenters. The van der Waals surface area contributed by atoms with Gasteiger partial charge in [0.2, 0.25) is 5.95 Å². The highest BCUT2D eigenvalue weighted by Gasteiger charge is 2.41. The van der Waals surface area contributed by atoms with Gasteiger partial charge in [0.15, 0.2) is 11.9 Å². The van der Waals surface area contributed by atoms with Crippen molar-refractivity contribution in [2.75, 3.05) is 5.32 Å². The third-order valence-electron chi connectivity index (χ3n) is 3.07. The van der Waals surface area contributed by atoms with Gasteiger partial charge in [0.25, 0.3) is 0 Å². The van der Waals surface area contributed by atoms with Gasteiger partial charge in [-0.05, 0) is 28.1 Å². The van der Waals surface area contributed by atoms with Gasteiger partial charge in [-0.15, -0.1) is 5.10 Å². The Labute approximate surface area is 132 Å². The molecule has 0 aliphatic heterocycles. The standard InChI is InChI=1S/C13H9F4N7/c14-9-3-1-7(2-4-9)10(13(15,16)17)20-12-18-5-8(6-19-12)11-21-23-24-22-11/h1-6,10H,(H,18,19,20)(H,21,22,23,24). The molecule has 0 saturated heterocycles. The average molecular weight is 339 g/mol. The molecule has 0 spiro atoms. The molecule has 2 heterocycles. The average Bonchev–Trinajstić information content (AvgIpc) is 3.08. The van der Waals surface area contributed by atoms with Crippen LogP contribution in [0.4, 0.5) is 23.5 Å². The Balaban J connectivity index is 1.84. The third-order valence-corrected chi connectivity index (χ3v) is 3.07. The smallest absolute Gasteiger partial charge is 0.339 e. The zero-order valence-corrected chi connectivity index (χ0v) is 11.8. The van der Waals surface area contributed by atoms with E-state index in [-0.39, 0.29) is 17.3 Å². The lowest BCUT2D eigenvalue weighted by Crippen LogP contribution is -2.28. The van der Waals surface area contributed by atoms with Crippen LogP contribution in [0.5, 0.6) is 0 Å². The van der Waals surface area contributed by atoms with Crippen molar-refractivity contribution in [2.24, 2.45) is 0 Å². The van der Waals surface area contributed by atoms with E-state index in [0.29, 0.717) is 5.56 Å². The Morgan fingerprint density at radius 1 is 1.04 bits per heavy atom. The Hall–Kier alpha value is -3.11. The van der Waals surface area contributed by atoms with E-state index in [0.717, 1.165) is 24.3 Å². The number of tetrazole rings is 1. The molecule has 0 saturated carbocycles. The minimum Gasteiger partial charge on any atom is -0.339 e. The molecule has 11 heteroatoms. The SMILES string of the molecule is Fc1ccc(C(Nc2ncc(-c3nnn[nH]3)cn2)C(F)(F)F)cc1. The summed E-state index contributed by atoms with van der Waals surface area (Å²) in [5, 5.41) is 15.1. The number of aromatic amines is 1. The summed E-state index contributed by atoms with van der Waals surface area (Å²) in [5.41, 5.74) is 0.256. The van der Waals surface area contributed by atoms with Crippen LogP contribution in [-0.4, -0.2) is 36.8 Å². The van der Waals surface area contributed by atoms with Crippen molar-refractivity contribution in [3.63, 3.8) is 0 Å². The molecule has 1 atom stereocenters. The summed E-state index contributed by atoms with van der Waals surface area (Å²) in [6.07, 6.45) is -2.07. The van der Waals surface area contributed by atoms with Crippen molar-refractivity contribution >= 4 is 5.95 Å². The molecule has 0 radical (unpaired) electrons. The van der Waals surface area contributed by atoms with Gasteiger partial charge in [-0.2, -0.15) is 13.2 Å². The van der Waals surface area contributed by atoms with Gasteiger partial charge in [0.05, 0.1) is 5.56 Å². The molecule has 2 N–H and O–H groups in total. The number of hydrogen-bond donors (Lipinski definition) is 2. The van der Waals surface area contributed by atoms with Crippen LogP contribution >= 0.6 is 0 Å². The van der Waals surface area contributed by atoms with Gasteiger partial charge in [-0.1, -0.05) is 12.1 Å². The quantitative estimate of drug-likeness (QED) is 0.710. The molecular weight excluding hydrogens is 330 g/mol. The lowest BCUT2D eigenvalue weighted by atomic mass is 10.1. The fourth-order valence-electron chi connectivity index (χ4n) is 1.94. The van der Waals surface area contributed by atoms with Crippen LogP contribution in [0.25, 0.3) is 11.4 Å². The molecule has 124 valence electrons. The number of halogens is 4. The normalized spacial score (nSPS) is 12.8. The molecule has 1 aromatic carbocycles.